The molecule has 1 atom stereocenters. The fourth-order valence-corrected chi connectivity index (χ4v) is 4.65. The van der Waals surface area contributed by atoms with Crippen molar-refractivity contribution in [2.75, 3.05) is 30.8 Å². The van der Waals surface area contributed by atoms with E-state index in [0.717, 1.165) is 22.5 Å². The third-order valence-electron chi connectivity index (χ3n) is 5.06. The van der Waals surface area contributed by atoms with Crippen molar-refractivity contribution in [1.29, 1.82) is 0 Å². The van der Waals surface area contributed by atoms with Gasteiger partial charge in [0.2, 0.25) is 21.8 Å². The number of anilines is 1. The predicted molar refractivity (Wildman–Crippen MR) is 135 cm³/mol. The maximum Gasteiger partial charge on any atom is 0.244 e. The molecule has 11 heteroatoms. The highest BCUT2D eigenvalue weighted by molar-refractivity contribution is 7.92. The summed E-state index contributed by atoms with van der Waals surface area (Å²) in [6.45, 7) is 3.51. The molecule has 2 aromatic rings. The van der Waals surface area contributed by atoms with E-state index in [1.54, 1.807) is 31.2 Å². The molecule has 8 nitrogen and oxygen atoms in total. The highest BCUT2D eigenvalue weighted by Gasteiger charge is 2.30. The van der Waals surface area contributed by atoms with Crippen molar-refractivity contribution < 1.29 is 22.7 Å². The van der Waals surface area contributed by atoms with Crippen LogP contribution in [0.15, 0.2) is 42.5 Å². The molecule has 2 rings (SSSR count). The Bertz CT molecular complexity index is 1130. The van der Waals surface area contributed by atoms with Gasteiger partial charge in [-0.3, -0.25) is 13.9 Å². The predicted octanol–water partition coefficient (Wildman–Crippen LogP) is 3.71. The second-order valence-corrected chi connectivity index (χ2v) is 10.5. The molecule has 0 aromatic heterocycles. The number of methoxy groups -OCH3 is 1. The van der Waals surface area contributed by atoms with Crippen molar-refractivity contribution in [3.8, 4) is 5.75 Å². The monoisotopic (exact) mass is 529 g/mol. The van der Waals surface area contributed by atoms with Gasteiger partial charge in [-0.15, -0.1) is 0 Å². The van der Waals surface area contributed by atoms with Gasteiger partial charge in [-0.1, -0.05) is 42.3 Å². The Morgan fingerprint density at radius 2 is 1.85 bits per heavy atom. The van der Waals surface area contributed by atoms with Crippen LogP contribution in [0.4, 0.5) is 5.69 Å². The average molecular weight is 530 g/mol. The first kappa shape index (κ1) is 27.8. The first-order valence-electron chi connectivity index (χ1n) is 10.6. The maximum atomic E-state index is 13.5. The highest BCUT2D eigenvalue weighted by Crippen LogP contribution is 2.30. The van der Waals surface area contributed by atoms with E-state index in [4.69, 9.17) is 27.9 Å². The van der Waals surface area contributed by atoms with E-state index in [1.807, 2.05) is 6.92 Å². The number of rotatable bonds is 11. The molecule has 34 heavy (non-hydrogen) atoms. The van der Waals surface area contributed by atoms with Gasteiger partial charge in [0.1, 0.15) is 18.3 Å². The molecule has 0 bridgehead atoms. The van der Waals surface area contributed by atoms with Gasteiger partial charge in [-0.25, -0.2) is 8.42 Å². The summed E-state index contributed by atoms with van der Waals surface area (Å²) >= 11 is 12.2. The third-order valence-corrected chi connectivity index (χ3v) is 6.73. The second-order valence-electron chi connectivity index (χ2n) is 7.71. The Morgan fingerprint density at radius 1 is 1.15 bits per heavy atom. The van der Waals surface area contributed by atoms with Gasteiger partial charge >= 0.3 is 0 Å². The molecule has 0 aliphatic rings. The number of carbonyl (C=O) groups excluding carboxylic acids is 2. The summed E-state index contributed by atoms with van der Waals surface area (Å²) in [5.41, 5.74) is 0.838. The summed E-state index contributed by atoms with van der Waals surface area (Å²) in [4.78, 5) is 27.5. The molecule has 0 aliphatic heterocycles. The first-order chi connectivity index (χ1) is 16.0. The van der Waals surface area contributed by atoms with Crippen LogP contribution in [0.1, 0.15) is 25.8 Å². The van der Waals surface area contributed by atoms with E-state index in [0.29, 0.717) is 17.3 Å². The smallest absolute Gasteiger partial charge is 0.244 e. The SMILES string of the molecule is CCCNC(=O)C(C)N(Cc1cccc(OC)c1)C(=O)CN(c1ccc(Cl)cc1Cl)S(C)(=O)=O. The Kier molecular flexibility index (Phi) is 10.0. The van der Waals surface area contributed by atoms with Crippen molar-refractivity contribution in [3.05, 3.63) is 58.1 Å². The number of hydrogen-bond acceptors (Lipinski definition) is 5. The lowest BCUT2D eigenvalue weighted by molar-refractivity contribution is -0.139. The van der Waals surface area contributed by atoms with Crippen LogP contribution in [0.5, 0.6) is 5.75 Å². The fraction of sp³-hybridized carbons (Fsp3) is 0.391. The van der Waals surface area contributed by atoms with Gasteiger partial charge in [0.15, 0.2) is 0 Å². The van der Waals surface area contributed by atoms with E-state index >= 15 is 0 Å². The molecule has 0 radical (unpaired) electrons. The van der Waals surface area contributed by atoms with Gasteiger partial charge in [-0.2, -0.15) is 0 Å². The lowest BCUT2D eigenvalue weighted by Crippen LogP contribution is -2.51. The number of hydrogen-bond donors (Lipinski definition) is 1. The number of nitrogens with zero attached hydrogens (tertiary/aromatic N) is 2. The molecule has 0 aliphatic carbocycles. The van der Waals surface area contributed by atoms with Crippen LogP contribution >= 0.6 is 23.2 Å². The van der Waals surface area contributed by atoms with Gasteiger partial charge < -0.3 is 15.0 Å². The number of benzene rings is 2. The molecule has 0 spiro atoms. The summed E-state index contributed by atoms with van der Waals surface area (Å²) in [5.74, 6) is -0.314. The molecule has 2 aromatic carbocycles. The zero-order valence-corrected chi connectivity index (χ0v) is 21.9. The zero-order chi connectivity index (χ0) is 25.5. The number of ether oxygens (including phenoxy) is 1. The minimum Gasteiger partial charge on any atom is -0.497 e. The van der Waals surface area contributed by atoms with Crippen LogP contribution in [0.3, 0.4) is 0 Å². The molecule has 2 amide bonds. The van der Waals surface area contributed by atoms with Gasteiger partial charge in [-0.05, 0) is 49.2 Å². The Balaban J connectivity index is 2.42. The van der Waals surface area contributed by atoms with Crippen LogP contribution in [0.2, 0.25) is 10.0 Å². The molecule has 186 valence electrons. The van der Waals surface area contributed by atoms with Crippen molar-refractivity contribution >= 4 is 50.7 Å². The van der Waals surface area contributed by atoms with Crippen molar-refractivity contribution in [3.63, 3.8) is 0 Å². The van der Waals surface area contributed by atoms with Crippen molar-refractivity contribution in [1.82, 2.24) is 10.2 Å². The Morgan fingerprint density at radius 3 is 2.44 bits per heavy atom. The molecule has 1 N–H and O–H groups in total. The maximum absolute atomic E-state index is 13.5. The fourth-order valence-electron chi connectivity index (χ4n) is 3.22. The minimum atomic E-state index is -3.89. The third kappa shape index (κ3) is 7.51. The first-order valence-corrected chi connectivity index (χ1v) is 13.2. The van der Waals surface area contributed by atoms with Crippen LogP contribution in [0.25, 0.3) is 0 Å². The molecule has 0 fully saturated rings. The van der Waals surface area contributed by atoms with Crippen LogP contribution < -0.4 is 14.4 Å². The summed E-state index contributed by atoms with van der Waals surface area (Å²) in [6, 6.07) is 10.5. The number of sulfonamides is 1. The van der Waals surface area contributed by atoms with Gasteiger partial charge in [0.05, 0.1) is 24.1 Å². The van der Waals surface area contributed by atoms with E-state index < -0.39 is 28.5 Å². The lowest BCUT2D eigenvalue weighted by atomic mass is 10.1. The lowest BCUT2D eigenvalue weighted by Gasteiger charge is -2.31. The minimum absolute atomic E-state index is 0.0721. The molecular weight excluding hydrogens is 501 g/mol. The number of halogens is 2. The van der Waals surface area contributed by atoms with Crippen molar-refractivity contribution in [2.45, 2.75) is 32.9 Å². The van der Waals surface area contributed by atoms with Gasteiger partial charge in [0.25, 0.3) is 0 Å². The quantitative estimate of drug-likeness (QED) is 0.478. The molecule has 0 saturated carbocycles. The normalized spacial score (nSPS) is 12.1. The standard InChI is InChI=1S/C23H29Cl2N3O5S/c1-5-11-26-23(30)16(2)27(14-17-7-6-8-19(12-17)33-3)22(29)15-28(34(4,31)32)21-10-9-18(24)13-20(21)25/h6-10,12-13,16H,5,11,14-15H2,1-4H3,(H,26,30). The Hall–Kier alpha value is -2.49. The highest BCUT2D eigenvalue weighted by atomic mass is 35.5. The largest absolute Gasteiger partial charge is 0.497 e. The zero-order valence-electron chi connectivity index (χ0n) is 19.5. The average Bonchev–Trinajstić information content (AvgIpc) is 2.78. The van der Waals surface area contributed by atoms with Crippen LogP contribution in [0, 0.1) is 0 Å². The van der Waals surface area contributed by atoms with E-state index in [1.165, 1.54) is 30.2 Å². The second kappa shape index (κ2) is 12.3. The summed E-state index contributed by atoms with van der Waals surface area (Å²) in [6.07, 6.45) is 1.72. The van der Waals surface area contributed by atoms with Crippen LogP contribution in [-0.2, 0) is 26.2 Å². The summed E-state index contributed by atoms with van der Waals surface area (Å²) in [7, 11) is -2.36. The molecule has 0 heterocycles. The molecule has 0 saturated heterocycles. The van der Waals surface area contributed by atoms with Crippen molar-refractivity contribution in [2.24, 2.45) is 0 Å². The molecular formula is C23H29Cl2N3O5S. The van der Waals surface area contributed by atoms with E-state index in [2.05, 4.69) is 5.32 Å². The van der Waals surface area contributed by atoms with Gasteiger partial charge in [0, 0.05) is 18.1 Å². The topological polar surface area (TPSA) is 96.0 Å². The van der Waals surface area contributed by atoms with E-state index in [9.17, 15) is 18.0 Å². The summed E-state index contributed by atoms with van der Waals surface area (Å²) in [5, 5.41) is 3.19. The van der Waals surface area contributed by atoms with Crippen LogP contribution in [-0.4, -0.2) is 57.6 Å². The number of nitrogens with one attached hydrogen (secondary N) is 1. The number of amides is 2. The molecule has 1 unspecified atom stereocenters. The Labute approximate surface area is 210 Å². The summed E-state index contributed by atoms with van der Waals surface area (Å²) < 4.78 is 31.3. The van der Waals surface area contributed by atoms with E-state index in [-0.39, 0.29) is 23.2 Å². The number of carbonyl (C=O) groups is 2.